The Kier molecular flexibility index (Phi) is 3.75. The maximum absolute atomic E-state index is 13.4. The molecule has 0 unspecified atom stereocenters. The van der Waals surface area contributed by atoms with Crippen LogP contribution in [-0.2, 0) is 6.42 Å². The van der Waals surface area contributed by atoms with Crippen LogP contribution in [0.15, 0.2) is 45.6 Å². The molecule has 2 N–H and O–H groups in total. The van der Waals surface area contributed by atoms with Gasteiger partial charge in [-0.15, -0.1) is 10.2 Å². The van der Waals surface area contributed by atoms with Gasteiger partial charge < -0.3 is 18.7 Å². The average molecular weight is 416 g/mol. The molecule has 0 fully saturated rings. The second kappa shape index (κ2) is 6.62. The molecule has 1 atom stereocenters. The van der Waals surface area contributed by atoms with Gasteiger partial charge >= 0.3 is 11.8 Å². The number of hydrogen-bond acceptors (Lipinski definition) is 8. The van der Waals surface area contributed by atoms with Crippen molar-refractivity contribution in [3.63, 3.8) is 0 Å². The fourth-order valence-electron chi connectivity index (χ4n) is 3.83. The van der Waals surface area contributed by atoms with Gasteiger partial charge in [0.25, 0.3) is 5.89 Å². The number of carbonyl (C=O) groups excluding carboxylic acids is 1. The first kappa shape index (κ1) is 17.6. The van der Waals surface area contributed by atoms with E-state index in [1.807, 2.05) is 25.1 Å². The predicted molar refractivity (Wildman–Crippen MR) is 106 cm³/mol. The SMILES string of the molecule is Cc1ccc2oc([C@@H]3c4nc[nH]c4CCN3C(=O)c3nnc(-c4ccn[nH]4)o3)nc2c1. The molecule has 4 aromatic heterocycles. The summed E-state index contributed by atoms with van der Waals surface area (Å²) in [6.45, 7) is 2.40. The van der Waals surface area contributed by atoms with E-state index in [1.165, 1.54) is 0 Å². The topological polar surface area (TPSA) is 143 Å². The highest BCUT2D eigenvalue weighted by atomic mass is 16.4. The summed E-state index contributed by atoms with van der Waals surface area (Å²) in [4.78, 5) is 27.2. The van der Waals surface area contributed by atoms with Crippen molar-refractivity contribution in [1.29, 1.82) is 0 Å². The molecule has 6 rings (SSSR count). The number of aromatic nitrogens is 7. The van der Waals surface area contributed by atoms with E-state index in [9.17, 15) is 4.79 Å². The van der Waals surface area contributed by atoms with Crippen LogP contribution in [-0.4, -0.2) is 52.7 Å². The van der Waals surface area contributed by atoms with Crippen LogP contribution in [0.3, 0.4) is 0 Å². The zero-order chi connectivity index (χ0) is 20.9. The molecule has 0 spiro atoms. The first-order valence-electron chi connectivity index (χ1n) is 9.71. The Bertz CT molecular complexity index is 1400. The van der Waals surface area contributed by atoms with Crippen molar-refractivity contribution < 1.29 is 13.6 Å². The zero-order valence-corrected chi connectivity index (χ0v) is 16.4. The summed E-state index contributed by atoms with van der Waals surface area (Å²) in [6.07, 6.45) is 3.79. The highest BCUT2D eigenvalue weighted by Crippen LogP contribution is 2.35. The predicted octanol–water partition coefficient (Wildman–Crippen LogP) is 2.42. The number of fused-ring (bicyclic) bond motifs is 2. The van der Waals surface area contributed by atoms with Gasteiger partial charge in [0, 0.05) is 24.9 Å². The standard InChI is InChI=1S/C20H16N8O3/c1-10-2-3-14-13(8-10)24-18(30-14)16-15-11(21-9-22-15)5-7-28(16)20(29)19-27-26-17(31-19)12-4-6-23-25-12/h2-4,6,8-9,16H,5,7H2,1H3,(H,21,22)(H,23,25)/t16-/m0/s1. The Hall–Kier alpha value is -4.28. The molecule has 11 nitrogen and oxygen atoms in total. The van der Waals surface area contributed by atoms with Gasteiger partial charge in [-0.1, -0.05) is 6.07 Å². The molecule has 31 heavy (non-hydrogen) atoms. The van der Waals surface area contributed by atoms with Crippen LogP contribution >= 0.6 is 0 Å². The highest BCUT2D eigenvalue weighted by Gasteiger charge is 2.39. The van der Waals surface area contributed by atoms with Crippen molar-refractivity contribution in [2.75, 3.05) is 6.54 Å². The second-order valence-corrected chi connectivity index (χ2v) is 7.32. The number of nitrogens with zero attached hydrogens (tertiary/aromatic N) is 6. The molecule has 1 amide bonds. The third-order valence-corrected chi connectivity index (χ3v) is 5.32. The molecule has 0 aliphatic carbocycles. The second-order valence-electron chi connectivity index (χ2n) is 7.32. The minimum atomic E-state index is -0.613. The maximum atomic E-state index is 13.4. The monoisotopic (exact) mass is 416 g/mol. The number of nitrogens with one attached hydrogen (secondary N) is 2. The van der Waals surface area contributed by atoms with Crippen LogP contribution < -0.4 is 0 Å². The van der Waals surface area contributed by atoms with Crippen LogP contribution in [0.25, 0.3) is 22.7 Å². The van der Waals surface area contributed by atoms with Crippen molar-refractivity contribution in [2.45, 2.75) is 19.4 Å². The molecule has 154 valence electrons. The third kappa shape index (κ3) is 2.81. The molecular weight excluding hydrogens is 400 g/mol. The summed E-state index contributed by atoms with van der Waals surface area (Å²) in [5.41, 5.74) is 4.61. The quantitative estimate of drug-likeness (QED) is 0.456. The summed E-state index contributed by atoms with van der Waals surface area (Å²) in [7, 11) is 0. The van der Waals surface area contributed by atoms with Crippen molar-refractivity contribution >= 4 is 17.0 Å². The number of imidazole rings is 1. The Morgan fingerprint density at radius 1 is 1.23 bits per heavy atom. The molecule has 1 aliphatic rings. The number of oxazole rings is 1. The van der Waals surface area contributed by atoms with Gasteiger partial charge in [-0.25, -0.2) is 9.97 Å². The fourth-order valence-corrected chi connectivity index (χ4v) is 3.83. The lowest BCUT2D eigenvalue weighted by Gasteiger charge is -2.31. The number of amides is 1. The Morgan fingerprint density at radius 2 is 2.16 bits per heavy atom. The first-order valence-corrected chi connectivity index (χ1v) is 9.71. The van der Waals surface area contributed by atoms with Crippen LogP contribution in [0.1, 0.15) is 39.6 Å². The van der Waals surface area contributed by atoms with Gasteiger partial charge in [0.15, 0.2) is 11.6 Å². The van der Waals surface area contributed by atoms with Gasteiger partial charge in [0.05, 0.1) is 12.0 Å². The van der Waals surface area contributed by atoms with Crippen molar-refractivity contribution in [3.8, 4) is 11.6 Å². The lowest BCUT2D eigenvalue weighted by Crippen LogP contribution is -2.41. The van der Waals surface area contributed by atoms with Gasteiger partial charge in [0.1, 0.15) is 11.2 Å². The van der Waals surface area contributed by atoms with Crippen molar-refractivity contribution in [3.05, 3.63) is 65.5 Å². The average Bonchev–Trinajstić information content (AvgIpc) is 3.57. The lowest BCUT2D eigenvalue weighted by atomic mass is 10.0. The maximum Gasteiger partial charge on any atom is 0.312 e. The highest BCUT2D eigenvalue weighted by molar-refractivity contribution is 5.90. The molecule has 1 aromatic carbocycles. The largest absolute Gasteiger partial charge is 0.438 e. The van der Waals surface area contributed by atoms with E-state index in [1.54, 1.807) is 23.5 Å². The van der Waals surface area contributed by atoms with Gasteiger partial charge in [-0.3, -0.25) is 9.89 Å². The molecule has 5 heterocycles. The molecule has 0 saturated carbocycles. The first-order chi connectivity index (χ1) is 15.2. The number of aryl methyl sites for hydroxylation is 1. The number of carbonyl (C=O) groups is 1. The molecule has 5 aromatic rings. The van der Waals surface area contributed by atoms with E-state index < -0.39 is 11.9 Å². The molecule has 1 aliphatic heterocycles. The summed E-state index contributed by atoms with van der Waals surface area (Å²) in [5.74, 6) is 0.0263. The minimum absolute atomic E-state index is 0.124. The number of H-pyrrole nitrogens is 2. The number of aromatic amines is 2. The number of rotatable bonds is 3. The van der Waals surface area contributed by atoms with Crippen LogP contribution in [0.2, 0.25) is 0 Å². The number of hydrogen-bond donors (Lipinski definition) is 2. The van der Waals surface area contributed by atoms with E-state index in [0.717, 1.165) is 16.8 Å². The van der Waals surface area contributed by atoms with E-state index in [-0.39, 0.29) is 11.8 Å². The smallest absolute Gasteiger partial charge is 0.312 e. The lowest BCUT2D eigenvalue weighted by molar-refractivity contribution is 0.0627. The van der Waals surface area contributed by atoms with Gasteiger partial charge in [-0.05, 0) is 30.7 Å². The van der Waals surface area contributed by atoms with E-state index in [2.05, 4.69) is 35.3 Å². The normalized spacial score (nSPS) is 16.0. The Balaban J connectivity index is 1.42. The molecule has 0 saturated heterocycles. The summed E-state index contributed by atoms with van der Waals surface area (Å²) < 4.78 is 11.6. The van der Waals surface area contributed by atoms with Gasteiger partial charge in [-0.2, -0.15) is 5.10 Å². The fraction of sp³-hybridized carbons (Fsp3) is 0.200. The summed E-state index contributed by atoms with van der Waals surface area (Å²) in [5, 5.41) is 14.5. The van der Waals surface area contributed by atoms with Crippen LogP contribution in [0.4, 0.5) is 0 Å². The van der Waals surface area contributed by atoms with Crippen molar-refractivity contribution in [1.82, 2.24) is 40.2 Å². The van der Waals surface area contributed by atoms with Crippen molar-refractivity contribution in [2.24, 2.45) is 0 Å². The number of benzene rings is 1. The Labute approximate surface area is 174 Å². The molecule has 0 radical (unpaired) electrons. The van der Waals surface area contributed by atoms with E-state index in [4.69, 9.17) is 8.83 Å². The third-order valence-electron chi connectivity index (χ3n) is 5.32. The molecule has 0 bridgehead atoms. The minimum Gasteiger partial charge on any atom is -0.438 e. The van der Waals surface area contributed by atoms with Crippen LogP contribution in [0.5, 0.6) is 0 Å². The molecule has 11 heteroatoms. The van der Waals surface area contributed by atoms with E-state index >= 15 is 0 Å². The van der Waals surface area contributed by atoms with Gasteiger partial charge in [0.2, 0.25) is 5.89 Å². The Morgan fingerprint density at radius 3 is 3.03 bits per heavy atom. The van der Waals surface area contributed by atoms with E-state index in [0.29, 0.717) is 35.8 Å². The zero-order valence-electron chi connectivity index (χ0n) is 16.4. The summed E-state index contributed by atoms with van der Waals surface area (Å²) in [6, 6.07) is 6.84. The van der Waals surface area contributed by atoms with Crippen LogP contribution in [0, 0.1) is 6.92 Å². The molecular formula is C20H16N8O3. The summed E-state index contributed by atoms with van der Waals surface area (Å²) >= 11 is 0.